The summed E-state index contributed by atoms with van der Waals surface area (Å²) in [6.45, 7) is 11.3. The molecule has 1 aliphatic rings. The van der Waals surface area contributed by atoms with Gasteiger partial charge < -0.3 is 18.9 Å². The summed E-state index contributed by atoms with van der Waals surface area (Å²) in [5.74, 6) is 1.45. The van der Waals surface area contributed by atoms with E-state index in [0.717, 1.165) is 49.8 Å². The van der Waals surface area contributed by atoms with Crippen LogP contribution in [0.4, 0.5) is 0 Å². The van der Waals surface area contributed by atoms with E-state index >= 15 is 0 Å². The Morgan fingerprint density at radius 3 is 2.47 bits per heavy atom. The van der Waals surface area contributed by atoms with Crippen molar-refractivity contribution < 1.29 is 23.7 Å². The quantitative estimate of drug-likeness (QED) is 0.412. The number of hydrogen-bond acceptors (Lipinski definition) is 6. The van der Waals surface area contributed by atoms with Gasteiger partial charge in [-0.3, -0.25) is 9.80 Å². The lowest BCUT2D eigenvalue weighted by molar-refractivity contribution is -0.155. The molecule has 2 rings (SSSR count). The van der Waals surface area contributed by atoms with Gasteiger partial charge in [0.2, 0.25) is 5.75 Å². The van der Waals surface area contributed by atoms with Crippen molar-refractivity contribution in [3.05, 3.63) is 36.4 Å². The lowest BCUT2D eigenvalue weighted by atomic mass is 9.93. The summed E-state index contributed by atoms with van der Waals surface area (Å²) in [4.78, 5) is 13.3. The minimum atomic E-state index is -0.291. The third-order valence-electron chi connectivity index (χ3n) is 5.96. The van der Waals surface area contributed by atoms with Crippen molar-refractivity contribution in [2.24, 2.45) is 0 Å². The Kier molecular flexibility index (Phi) is 10.1. The maximum absolute atomic E-state index is 13.3. The first kappa shape index (κ1) is 25.7. The maximum atomic E-state index is 13.3. The van der Waals surface area contributed by atoms with E-state index in [1.54, 1.807) is 34.5 Å². The van der Waals surface area contributed by atoms with Crippen molar-refractivity contribution in [3.8, 4) is 17.2 Å². The van der Waals surface area contributed by atoms with Gasteiger partial charge in [0.1, 0.15) is 0 Å². The van der Waals surface area contributed by atoms with Crippen molar-refractivity contribution >= 4 is 12.0 Å². The van der Waals surface area contributed by atoms with Gasteiger partial charge in [0.05, 0.1) is 40.0 Å². The molecule has 0 aromatic heterocycles. The average molecular weight is 447 g/mol. The zero-order valence-electron chi connectivity index (χ0n) is 20.2. The fourth-order valence-electron chi connectivity index (χ4n) is 4.52. The van der Waals surface area contributed by atoms with E-state index in [9.17, 15) is 4.79 Å². The van der Waals surface area contributed by atoms with Crippen LogP contribution in [0.15, 0.2) is 25.3 Å². The van der Waals surface area contributed by atoms with E-state index in [-0.39, 0.29) is 18.0 Å². The van der Waals surface area contributed by atoms with E-state index in [4.69, 9.17) is 18.9 Å². The van der Waals surface area contributed by atoms with Crippen molar-refractivity contribution in [2.75, 3.05) is 41.6 Å². The van der Waals surface area contributed by atoms with Gasteiger partial charge in [-0.25, -0.2) is 5.01 Å². The molecule has 1 fully saturated rings. The maximum Gasteiger partial charge on any atom is 0.260 e. The molecular weight excluding hydrogens is 408 g/mol. The Hall–Kier alpha value is -2.51. The van der Waals surface area contributed by atoms with Gasteiger partial charge in [-0.15, -0.1) is 0 Å². The van der Waals surface area contributed by atoms with Crippen LogP contribution >= 0.6 is 0 Å². The summed E-state index contributed by atoms with van der Waals surface area (Å²) in [6.07, 6.45) is 7.78. The minimum absolute atomic E-state index is 0.117. The van der Waals surface area contributed by atoms with Crippen LogP contribution in [-0.4, -0.2) is 63.6 Å². The Labute approximate surface area is 192 Å². The molecule has 7 nitrogen and oxygen atoms in total. The lowest BCUT2D eigenvalue weighted by Gasteiger charge is -2.42. The number of nitrogens with zero attached hydrogens (tertiary/aromatic N) is 2. The molecule has 1 aromatic rings. The molecule has 0 bridgehead atoms. The molecule has 1 aliphatic heterocycles. The molecule has 2 atom stereocenters. The van der Waals surface area contributed by atoms with Crippen LogP contribution in [0.2, 0.25) is 0 Å². The second-order valence-corrected chi connectivity index (χ2v) is 7.81. The average Bonchev–Trinajstić information content (AvgIpc) is 3.27. The number of unbranched alkanes of at least 4 members (excludes halogenated alkanes) is 1. The van der Waals surface area contributed by atoms with E-state index in [2.05, 4.69) is 25.1 Å². The predicted molar refractivity (Wildman–Crippen MR) is 127 cm³/mol. The zero-order valence-corrected chi connectivity index (χ0v) is 20.2. The van der Waals surface area contributed by atoms with Gasteiger partial charge in [0.15, 0.2) is 11.5 Å². The van der Waals surface area contributed by atoms with E-state index in [1.807, 2.05) is 11.1 Å². The third-order valence-corrected chi connectivity index (χ3v) is 5.96. The first-order valence-electron chi connectivity index (χ1n) is 11.2. The van der Waals surface area contributed by atoms with Crippen molar-refractivity contribution in [3.63, 3.8) is 0 Å². The fourth-order valence-corrected chi connectivity index (χ4v) is 4.52. The van der Waals surface area contributed by atoms with Gasteiger partial charge in [-0.05, 0) is 37.0 Å². The molecule has 0 radical (unpaired) electrons. The highest BCUT2D eigenvalue weighted by Gasteiger charge is 2.39. The number of benzene rings is 1. The van der Waals surface area contributed by atoms with Crippen LogP contribution in [0.5, 0.6) is 17.2 Å². The third kappa shape index (κ3) is 5.27. The van der Waals surface area contributed by atoms with Crippen LogP contribution in [-0.2, 0) is 9.53 Å². The summed E-state index contributed by atoms with van der Waals surface area (Å²) in [5.41, 5.74) is 1.69. The SMILES string of the molecule is C=CC(=O)N([C@H](CCCC)c1c(C=C)cc(OC)c(OC)c1OC)N1CCC[C@H]1COC. The largest absolute Gasteiger partial charge is 0.493 e. The highest BCUT2D eigenvalue weighted by Crippen LogP contribution is 2.48. The highest BCUT2D eigenvalue weighted by atomic mass is 16.5. The van der Waals surface area contributed by atoms with Crippen LogP contribution < -0.4 is 14.2 Å². The number of rotatable bonds is 13. The van der Waals surface area contributed by atoms with Crippen molar-refractivity contribution in [1.82, 2.24) is 10.0 Å². The Morgan fingerprint density at radius 2 is 1.94 bits per heavy atom. The molecule has 0 spiro atoms. The molecule has 0 saturated carbocycles. The summed E-state index contributed by atoms with van der Waals surface area (Å²) in [7, 11) is 6.47. The van der Waals surface area contributed by atoms with Crippen molar-refractivity contribution in [2.45, 2.75) is 51.1 Å². The lowest BCUT2D eigenvalue weighted by Crippen LogP contribution is -2.51. The Balaban J connectivity index is 2.76. The normalized spacial score (nSPS) is 17.0. The van der Waals surface area contributed by atoms with Crippen LogP contribution in [0.3, 0.4) is 0 Å². The van der Waals surface area contributed by atoms with Crippen molar-refractivity contribution in [1.29, 1.82) is 0 Å². The standard InChI is InChI=1S/C25H38N2O5/c1-8-11-14-20(27(22(28)10-3)26-15-12-13-19(26)17-29-4)23-18(9-2)16-21(30-5)24(31-6)25(23)32-7/h9-10,16,19-20H,2-3,8,11-15,17H2,1,4-7H3/t19-,20+/m0/s1. The molecule has 1 saturated heterocycles. The number of carbonyl (C=O) groups is 1. The minimum Gasteiger partial charge on any atom is -0.493 e. The summed E-state index contributed by atoms with van der Waals surface area (Å²) in [5, 5.41) is 3.98. The monoisotopic (exact) mass is 446 g/mol. The molecule has 0 unspecified atom stereocenters. The van der Waals surface area contributed by atoms with Gasteiger partial charge in [-0.1, -0.05) is 39.0 Å². The number of hydrazine groups is 1. The molecule has 1 heterocycles. The number of carbonyl (C=O) groups excluding carboxylic acids is 1. The Bertz CT molecular complexity index is 795. The number of methoxy groups -OCH3 is 4. The molecule has 0 aliphatic carbocycles. The Morgan fingerprint density at radius 1 is 1.22 bits per heavy atom. The fraction of sp³-hybridized carbons (Fsp3) is 0.560. The molecular formula is C25H38N2O5. The summed E-state index contributed by atoms with van der Waals surface area (Å²) >= 11 is 0. The highest BCUT2D eigenvalue weighted by molar-refractivity contribution is 5.87. The van der Waals surface area contributed by atoms with Gasteiger partial charge in [-0.2, -0.15) is 0 Å². The molecule has 0 N–H and O–H groups in total. The number of hydrogen-bond donors (Lipinski definition) is 0. The number of ether oxygens (including phenoxy) is 4. The first-order chi connectivity index (χ1) is 15.5. The zero-order chi connectivity index (χ0) is 23.7. The summed E-state index contributed by atoms with van der Waals surface area (Å²) in [6, 6.07) is 1.71. The van der Waals surface area contributed by atoms with E-state index in [0.29, 0.717) is 23.9 Å². The molecule has 178 valence electrons. The van der Waals surface area contributed by atoms with E-state index in [1.165, 1.54) is 6.08 Å². The second kappa shape index (κ2) is 12.5. The van der Waals surface area contributed by atoms with Crippen LogP contribution in [0.1, 0.15) is 56.2 Å². The van der Waals surface area contributed by atoms with E-state index < -0.39 is 0 Å². The second-order valence-electron chi connectivity index (χ2n) is 7.81. The summed E-state index contributed by atoms with van der Waals surface area (Å²) < 4.78 is 22.5. The van der Waals surface area contributed by atoms with Gasteiger partial charge in [0, 0.05) is 19.2 Å². The van der Waals surface area contributed by atoms with Gasteiger partial charge in [0.25, 0.3) is 5.91 Å². The van der Waals surface area contributed by atoms with Crippen LogP contribution in [0.25, 0.3) is 6.08 Å². The molecule has 32 heavy (non-hydrogen) atoms. The molecule has 7 heteroatoms. The van der Waals surface area contributed by atoms with Crippen LogP contribution in [0, 0.1) is 0 Å². The molecule has 1 amide bonds. The van der Waals surface area contributed by atoms with Gasteiger partial charge >= 0.3 is 0 Å². The topological polar surface area (TPSA) is 60.5 Å². The number of amides is 1. The first-order valence-corrected chi connectivity index (χ1v) is 11.2. The smallest absolute Gasteiger partial charge is 0.260 e. The predicted octanol–water partition coefficient (Wildman–Crippen LogP) is 4.63. The molecule has 1 aromatic carbocycles.